The van der Waals surface area contributed by atoms with Crippen LogP contribution in [0.2, 0.25) is 0 Å². The van der Waals surface area contributed by atoms with E-state index in [1.165, 1.54) is 32.4 Å². The standard InChI is InChI=1S/C16H32N2O/c1-4-17-16(12-19)8-5-6-15(10-16)18-9-7-13(2)14(3)11-18/h13-15,17,19H,4-12H2,1-3H3. The van der Waals surface area contributed by atoms with Gasteiger partial charge in [0.25, 0.3) is 0 Å². The molecule has 0 radical (unpaired) electrons. The van der Waals surface area contributed by atoms with Crippen molar-refractivity contribution in [2.45, 2.75) is 64.5 Å². The van der Waals surface area contributed by atoms with E-state index in [1.54, 1.807) is 0 Å². The highest BCUT2D eigenvalue weighted by molar-refractivity contribution is 4.97. The van der Waals surface area contributed by atoms with Gasteiger partial charge in [0.1, 0.15) is 0 Å². The van der Waals surface area contributed by atoms with Crippen molar-refractivity contribution in [2.75, 3.05) is 26.2 Å². The summed E-state index contributed by atoms with van der Waals surface area (Å²) in [6.07, 6.45) is 6.16. The molecule has 0 amide bonds. The molecule has 3 nitrogen and oxygen atoms in total. The van der Waals surface area contributed by atoms with Gasteiger partial charge in [0.15, 0.2) is 0 Å². The molecule has 3 heteroatoms. The van der Waals surface area contributed by atoms with E-state index in [0.29, 0.717) is 6.04 Å². The molecule has 1 saturated heterocycles. The van der Waals surface area contributed by atoms with Crippen LogP contribution in [-0.2, 0) is 0 Å². The Labute approximate surface area is 118 Å². The second kappa shape index (κ2) is 6.55. The van der Waals surface area contributed by atoms with Gasteiger partial charge in [-0.1, -0.05) is 20.8 Å². The molecule has 1 aliphatic carbocycles. The first-order valence-electron chi connectivity index (χ1n) is 8.20. The molecule has 4 atom stereocenters. The first kappa shape index (κ1) is 15.3. The Morgan fingerprint density at radius 1 is 1.26 bits per heavy atom. The van der Waals surface area contributed by atoms with E-state index >= 15 is 0 Å². The summed E-state index contributed by atoms with van der Waals surface area (Å²) in [7, 11) is 0. The van der Waals surface area contributed by atoms with E-state index in [-0.39, 0.29) is 12.1 Å². The number of rotatable bonds is 4. The summed E-state index contributed by atoms with van der Waals surface area (Å²) in [6.45, 7) is 10.7. The van der Waals surface area contributed by atoms with E-state index in [9.17, 15) is 5.11 Å². The number of likely N-dealkylation sites (N-methyl/N-ethyl adjacent to an activating group) is 1. The van der Waals surface area contributed by atoms with E-state index in [4.69, 9.17) is 0 Å². The van der Waals surface area contributed by atoms with Crippen LogP contribution in [0, 0.1) is 11.8 Å². The average molecular weight is 268 g/mol. The van der Waals surface area contributed by atoms with Crippen molar-refractivity contribution >= 4 is 0 Å². The number of nitrogens with zero attached hydrogens (tertiary/aromatic N) is 1. The van der Waals surface area contributed by atoms with Gasteiger partial charge >= 0.3 is 0 Å². The van der Waals surface area contributed by atoms with E-state index < -0.39 is 0 Å². The number of hydrogen-bond acceptors (Lipinski definition) is 3. The van der Waals surface area contributed by atoms with E-state index in [0.717, 1.165) is 31.2 Å². The van der Waals surface area contributed by atoms with Crippen LogP contribution in [0.4, 0.5) is 0 Å². The van der Waals surface area contributed by atoms with Gasteiger partial charge in [0, 0.05) is 18.1 Å². The third-order valence-electron chi connectivity index (χ3n) is 5.56. The largest absolute Gasteiger partial charge is 0.394 e. The summed E-state index contributed by atoms with van der Waals surface area (Å²) >= 11 is 0. The first-order valence-corrected chi connectivity index (χ1v) is 8.20. The molecule has 19 heavy (non-hydrogen) atoms. The highest BCUT2D eigenvalue weighted by atomic mass is 16.3. The molecule has 1 heterocycles. The highest BCUT2D eigenvalue weighted by Gasteiger charge is 2.38. The number of aliphatic hydroxyl groups excluding tert-OH is 1. The highest BCUT2D eigenvalue weighted by Crippen LogP contribution is 2.34. The molecule has 0 aromatic heterocycles. The lowest BCUT2D eigenvalue weighted by Gasteiger charge is -2.47. The zero-order valence-corrected chi connectivity index (χ0v) is 13.0. The average Bonchev–Trinajstić information content (AvgIpc) is 2.42. The van der Waals surface area contributed by atoms with Crippen LogP contribution in [0.25, 0.3) is 0 Å². The molecule has 1 saturated carbocycles. The Bertz CT molecular complexity index is 280. The van der Waals surface area contributed by atoms with Crippen LogP contribution in [0.5, 0.6) is 0 Å². The molecule has 0 aromatic carbocycles. The third kappa shape index (κ3) is 3.50. The van der Waals surface area contributed by atoms with Crippen molar-refractivity contribution < 1.29 is 5.11 Å². The van der Waals surface area contributed by atoms with Gasteiger partial charge in [-0.2, -0.15) is 0 Å². The maximum atomic E-state index is 9.80. The summed E-state index contributed by atoms with van der Waals surface area (Å²) in [5.74, 6) is 1.69. The Kier molecular flexibility index (Phi) is 5.27. The number of likely N-dealkylation sites (tertiary alicyclic amines) is 1. The van der Waals surface area contributed by atoms with E-state index in [1.807, 2.05) is 0 Å². The Balaban J connectivity index is 1.97. The Morgan fingerprint density at radius 3 is 2.68 bits per heavy atom. The predicted molar refractivity (Wildman–Crippen MR) is 80.3 cm³/mol. The number of aliphatic hydroxyl groups is 1. The maximum absolute atomic E-state index is 9.80. The molecule has 1 aliphatic heterocycles. The lowest BCUT2D eigenvalue weighted by Crippen LogP contribution is -2.57. The van der Waals surface area contributed by atoms with Gasteiger partial charge in [-0.15, -0.1) is 0 Å². The van der Waals surface area contributed by atoms with Gasteiger partial charge in [-0.25, -0.2) is 0 Å². The topological polar surface area (TPSA) is 35.5 Å². The first-order chi connectivity index (χ1) is 9.10. The lowest BCUT2D eigenvalue weighted by molar-refractivity contribution is 0.0296. The molecule has 0 aromatic rings. The molecule has 2 aliphatic rings. The Morgan fingerprint density at radius 2 is 2.05 bits per heavy atom. The zero-order chi connectivity index (χ0) is 13.9. The normalized spacial score (nSPS) is 41.4. The molecule has 0 spiro atoms. The van der Waals surface area contributed by atoms with Crippen LogP contribution in [-0.4, -0.2) is 47.8 Å². The van der Waals surface area contributed by atoms with Crippen molar-refractivity contribution in [1.29, 1.82) is 0 Å². The zero-order valence-electron chi connectivity index (χ0n) is 13.0. The molecule has 4 unspecified atom stereocenters. The van der Waals surface area contributed by atoms with Gasteiger partial charge in [-0.05, 0) is 57.0 Å². The van der Waals surface area contributed by atoms with Gasteiger partial charge < -0.3 is 15.3 Å². The molecule has 0 bridgehead atoms. The van der Waals surface area contributed by atoms with E-state index in [2.05, 4.69) is 31.0 Å². The van der Waals surface area contributed by atoms with Gasteiger partial charge in [0.05, 0.1) is 6.61 Å². The fourth-order valence-corrected chi connectivity index (χ4v) is 4.00. The monoisotopic (exact) mass is 268 g/mol. The number of hydrogen-bond donors (Lipinski definition) is 2. The van der Waals surface area contributed by atoms with Crippen LogP contribution in [0.15, 0.2) is 0 Å². The molecular formula is C16H32N2O. The molecule has 2 N–H and O–H groups in total. The Hall–Kier alpha value is -0.120. The minimum Gasteiger partial charge on any atom is -0.394 e. The summed E-state index contributed by atoms with van der Waals surface area (Å²) in [6, 6.07) is 0.676. The minimum atomic E-state index is -0.00995. The lowest BCUT2D eigenvalue weighted by atomic mass is 9.77. The predicted octanol–water partition coefficient (Wildman–Crippen LogP) is 2.25. The van der Waals surface area contributed by atoms with Crippen molar-refractivity contribution in [2.24, 2.45) is 11.8 Å². The van der Waals surface area contributed by atoms with Crippen LogP contribution >= 0.6 is 0 Å². The summed E-state index contributed by atoms with van der Waals surface area (Å²) in [5.41, 5.74) is -0.00995. The summed E-state index contributed by atoms with van der Waals surface area (Å²) in [5, 5.41) is 13.4. The van der Waals surface area contributed by atoms with Crippen LogP contribution in [0.1, 0.15) is 52.9 Å². The molecule has 2 fully saturated rings. The summed E-state index contributed by atoms with van der Waals surface area (Å²) in [4.78, 5) is 2.70. The third-order valence-corrected chi connectivity index (χ3v) is 5.56. The number of nitrogens with one attached hydrogen (secondary N) is 1. The fourth-order valence-electron chi connectivity index (χ4n) is 4.00. The SMILES string of the molecule is CCNC1(CO)CCCC(N2CCC(C)C(C)C2)C1. The number of piperidine rings is 1. The fraction of sp³-hybridized carbons (Fsp3) is 1.00. The second-order valence-electron chi connectivity index (χ2n) is 6.96. The summed E-state index contributed by atoms with van der Waals surface area (Å²) < 4.78 is 0. The smallest absolute Gasteiger partial charge is 0.0613 e. The van der Waals surface area contributed by atoms with Gasteiger partial charge in [-0.3, -0.25) is 0 Å². The van der Waals surface area contributed by atoms with Crippen molar-refractivity contribution in [1.82, 2.24) is 10.2 Å². The molecule has 112 valence electrons. The molecule has 2 rings (SSSR count). The van der Waals surface area contributed by atoms with Crippen molar-refractivity contribution in [3.63, 3.8) is 0 Å². The minimum absolute atomic E-state index is 0.00995. The van der Waals surface area contributed by atoms with Crippen LogP contribution in [0.3, 0.4) is 0 Å². The quantitative estimate of drug-likeness (QED) is 0.821. The molecular weight excluding hydrogens is 236 g/mol. The maximum Gasteiger partial charge on any atom is 0.0613 e. The van der Waals surface area contributed by atoms with Crippen molar-refractivity contribution in [3.05, 3.63) is 0 Å². The van der Waals surface area contributed by atoms with Crippen molar-refractivity contribution in [3.8, 4) is 0 Å². The van der Waals surface area contributed by atoms with Gasteiger partial charge in [0.2, 0.25) is 0 Å². The second-order valence-corrected chi connectivity index (χ2v) is 6.96. The van der Waals surface area contributed by atoms with Crippen LogP contribution < -0.4 is 5.32 Å².